The van der Waals surface area contributed by atoms with Crippen molar-refractivity contribution < 1.29 is 13.4 Å². The Morgan fingerprint density at radius 2 is 2.25 bits per heavy atom. The van der Waals surface area contributed by atoms with Crippen LogP contribution in [0.2, 0.25) is 0 Å². The summed E-state index contributed by atoms with van der Waals surface area (Å²) in [7, 11) is 0.910. The lowest BCUT2D eigenvalue weighted by Gasteiger charge is -2.11. The number of rotatable bonds is 7. The average molecular weight is 295 g/mol. The van der Waals surface area contributed by atoms with E-state index in [-0.39, 0.29) is 0 Å². The monoisotopic (exact) mass is 295 g/mol. The molecule has 1 aromatic carbocycles. The van der Waals surface area contributed by atoms with Crippen molar-refractivity contribution in [3.05, 3.63) is 30.0 Å². The first-order chi connectivity index (χ1) is 9.60. The third-order valence-electron chi connectivity index (χ3n) is 3.24. The molecule has 0 saturated carbocycles. The molecule has 2 atom stereocenters. The predicted octanol–water partition coefficient (Wildman–Crippen LogP) is 2.69. The molecule has 0 aliphatic rings. The Morgan fingerprint density at radius 1 is 1.45 bits per heavy atom. The van der Waals surface area contributed by atoms with E-state index in [9.17, 15) is 4.21 Å². The van der Waals surface area contributed by atoms with Gasteiger partial charge in [0.25, 0.3) is 0 Å². The second kappa shape index (κ2) is 6.90. The van der Waals surface area contributed by atoms with Crippen molar-refractivity contribution in [3.63, 3.8) is 0 Å². The minimum atomic E-state index is -0.731. The molecule has 0 aliphatic carbocycles. The fourth-order valence-electron chi connectivity index (χ4n) is 2.06. The largest absolute Gasteiger partial charge is 0.493 e. The number of fused-ring (bicyclic) bond motifs is 1. The summed E-state index contributed by atoms with van der Waals surface area (Å²) in [6.07, 6.45) is 2.63. The summed E-state index contributed by atoms with van der Waals surface area (Å²) in [6.45, 7) is 2.76. The van der Waals surface area contributed by atoms with Gasteiger partial charge in [0.15, 0.2) is 11.3 Å². The Balaban J connectivity index is 1.98. The van der Waals surface area contributed by atoms with E-state index in [0.29, 0.717) is 12.6 Å². The minimum absolute atomic E-state index is 0.314. The van der Waals surface area contributed by atoms with Crippen molar-refractivity contribution in [2.75, 3.05) is 19.1 Å². The van der Waals surface area contributed by atoms with Gasteiger partial charge >= 0.3 is 0 Å². The van der Waals surface area contributed by atoms with E-state index in [0.717, 1.165) is 34.7 Å². The first-order valence-corrected chi connectivity index (χ1v) is 8.41. The number of benzene rings is 1. The van der Waals surface area contributed by atoms with Crippen LogP contribution in [0.4, 0.5) is 0 Å². The fraction of sp³-hybridized carbons (Fsp3) is 0.467. The topological polar surface area (TPSA) is 51.5 Å². The van der Waals surface area contributed by atoms with Gasteiger partial charge in [-0.2, -0.15) is 0 Å². The highest BCUT2D eigenvalue weighted by Gasteiger charge is 2.09. The van der Waals surface area contributed by atoms with Crippen LogP contribution in [0.3, 0.4) is 0 Å². The Morgan fingerprint density at radius 3 is 2.95 bits per heavy atom. The van der Waals surface area contributed by atoms with Crippen LogP contribution in [0.1, 0.15) is 19.1 Å². The van der Waals surface area contributed by atoms with E-state index in [1.54, 1.807) is 13.4 Å². The average Bonchev–Trinajstić information content (AvgIpc) is 2.85. The van der Waals surface area contributed by atoms with E-state index in [4.69, 9.17) is 9.15 Å². The molecule has 0 fully saturated rings. The summed E-state index contributed by atoms with van der Waals surface area (Å²) in [5, 5.41) is 4.43. The Kier molecular flexibility index (Phi) is 5.20. The van der Waals surface area contributed by atoms with Crippen LogP contribution in [0, 0.1) is 0 Å². The van der Waals surface area contributed by atoms with Gasteiger partial charge in [-0.1, -0.05) is 12.1 Å². The lowest BCUT2D eigenvalue weighted by Crippen LogP contribution is -2.26. The first kappa shape index (κ1) is 15.1. The van der Waals surface area contributed by atoms with Crippen LogP contribution < -0.4 is 10.1 Å². The zero-order valence-corrected chi connectivity index (χ0v) is 13.0. The van der Waals surface area contributed by atoms with Crippen LogP contribution in [-0.4, -0.2) is 29.4 Å². The maximum Gasteiger partial charge on any atom is 0.176 e. The van der Waals surface area contributed by atoms with Crippen molar-refractivity contribution >= 4 is 21.8 Å². The molecule has 1 N–H and O–H groups in total. The van der Waals surface area contributed by atoms with E-state index in [1.807, 2.05) is 24.3 Å². The molecule has 110 valence electrons. The van der Waals surface area contributed by atoms with E-state index < -0.39 is 10.8 Å². The summed E-state index contributed by atoms with van der Waals surface area (Å²) in [5.41, 5.74) is 0.786. The summed E-state index contributed by atoms with van der Waals surface area (Å²) in [6, 6.07) is 8.19. The second-order valence-corrected chi connectivity index (χ2v) is 6.49. The third-order valence-corrected chi connectivity index (χ3v) is 4.05. The highest BCUT2D eigenvalue weighted by atomic mass is 32.2. The van der Waals surface area contributed by atoms with Crippen LogP contribution >= 0.6 is 0 Å². The quantitative estimate of drug-likeness (QED) is 0.853. The Labute approximate surface area is 121 Å². The van der Waals surface area contributed by atoms with Crippen LogP contribution in [0.5, 0.6) is 5.75 Å². The molecule has 1 heterocycles. The van der Waals surface area contributed by atoms with Gasteiger partial charge in [0.2, 0.25) is 0 Å². The van der Waals surface area contributed by atoms with Crippen molar-refractivity contribution in [1.29, 1.82) is 0 Å². The van der Waals surface area contributed by atoms with Gasteiger partial charge in [-0.15, -0.1) is 0 Å². The van der Waals surface area contributed by atoms with E-state index >= 15 is 0 Å². The Hall–Kier alpha value is -1.33. The van der Waals surface area contributed by atoms with E-state index in [2.05, 4.69) is 12.2 Å². The van der Waals surface area contributed by atoms with Crippen LogP contribution in [0.25, 0.3) is 11.0 Å². The zero-order chi connectivity index (χ0) is 14.5. The zero-order valence-electron chi connectivity index (χ0n) is 12.1. The molecule has 0 saturated heterocycles. The molecular formula is C15H21NO3S. The molecule has 5 heteroatoms. The minimum Gasteiger partial charge on any atom is -0.493 e. The number of para-hydroxylation sites is 1. The molecule has 1 aromatic heterocycles. The smallest absolute Gasteiger partial charge is 0.176 e. The molecule has 20 heavy (non-hydrogen) atoms. The molecule has 2 rings (SSSR count). The number of ether oxygens (including phenoxy) is 1. The van der Waals surface area contributed by atoms with E-state index in [1.165, 1.54) is 0 Å². The SMILES string of the molecule is COc1cccc2cc(CNC(C)CCS(C)=O)oc12. The maximum atomic E-state index is 11.1. The number of hydrogen-bond donors (Lipinski definition) is 1. The molecule has 0 aliphatic heterocycles. The van der Waals surface area contributed by atoms with Gasteiger partial charge in [-0.3, -0.25) is 4.21 Å². The number of hydrogen-bond acceptors (Lipinski definition) is 4. The fourth-order valence-corrected chi connectivity index (χ4v) is 2.74. The predicted molar refractivity (Wildman–Crippen MR) is 82.6 cm³/mol. The van der Waals surface area contributed by atoms with Gasteiger partial charge in [0.05, 0.1) is 13.7 Å². The van der Waals surface area contributed by atoms with Gasteiger partial charge in [0, 0.05) is 34.2 Å². The third kappa shape index (κ3) is 3.84. The van der Waals surface area contributed by atoms with Crippen molar-refractivity contribution in [2.45, 2.75) is 25.9 Å². The van der Waals surface area contributed by atoms with Crippen molar-refractivity contribution in [3.8, 4) is 5.75 Å². The lowest BCUT2D eigenvalue weighted by molar-refractivity contribution is 0.404. The molecule has 4 nitrogen and oxygen atoms in total. The number of methoxy groups -OCH3 is 1. The summed E-state index contributed by atoms with van der Waals surface area (Å²) in [5.74, 6) is 2.36. The highest BCUT2D eigenvalue weighted by Crippen LogP contribution is 2.28. The number of nitrogens with one attached hydrogen (secondary N) is 1. The number of furan rings is 1. The van der Waals surface area contributed by atoms with Gasteiger partial charge in [-0.25, -0.2) is 0 Å². The molecular weight excluding hydrogens is 274 g/mol. The molecule has 0 spiro atoms. The summed E-state index contributed by atoms with van der Waals surface area (Å²) >= 11 is 0. The van der Waals surface area contributed by atoms with Gasteiger partial charge in [-0.05, 0) is 25.5 Å². The normalized spacial score (nSPS) is 14.3. The lowest BCUT2D eigenvalue weighted by atomic mass is 10.2. The van der Waals surface area contributed by atoms with Crippen molar-refractivity contribution in [2.24, 2.45) is 0 Å². The molecule has 2 unspecified atom stereocenters. The second-order valence-electron chi connectivity index (χ2n) is 4.94. The first-order valence-electron chi connectivity index (χ1n) is 6.69. The molecule has 0 radical (unpaired) electrons. The Bertz CT molecular complexity index is 594. The van der Waals surface area contributed by atoms with Crippen LogP contribution in [-0.2, 0) is 17.3 Å². The molecule has 2 aromatic rings. The van der Waals surface area contributed by atoms with Crippen LogP contribution in [0.15, 0.2) is 28.7 Å². The van der Waals surface area contributed by atoms with Gasteiger partial charge < -0.3 is 14.5 Å². The molecule has 0 bridgehead atoms. The standard InChI is InChI=1S/C15H21NO3S/c1-11(7-8-20(3)17)16-10-13-9-12-5-4-6-14(18-2)15(12)19-13/h4-6,9,11,16H,7-8,10H2,1-3H3. The summed E-state index contributed by atoms with van der Waals surface area (Å²) in [4.78, 5) is 0. The van der Waals surface area contributed by atoms with Crippen molar-refractivity contribution in [1.82, 2.24) is 5.32 Å². The molecule has 0 amide bonds. The summed E-state index contributed by atoms with van der Waals surface area (Å²) < 4.78 is 22.2. The van der Waals surface area contributed by atoms with Gasteiger partial charge in [0.1, 0.15) is 5.76 Å². The maximum absolute atomic E-state index is 11.1. The highest BCUT2D eigenvalue weighted by molar-refractivity contribution is 7.84.